The van der Waals surface area contributed by atoms with Crippen molar-refractivity contribution < 1.29 is 9.59 Å². The van der Waals surface area contributed by atoms with Crippen LogP contribution in [-0.4, -0.2) is 26.4 Å². The second-order valence-electron chi connectivity index (χ2n) is 6.27. The first-order chi connectivity index (χ1) is 14.0. The predicted molar refractivity (Wildman–Crippen MR) is 113 cm³/mol. The third kappa shape index (κ3) is 3.28. The van der Waals surface area contributed by atoms with Crippen molar-refractivity contribution in [1.82, 2.24) is 14.6 Å². The number of carbonyl (C=O) groups excluding carboxylic acids is 2. The van der Waals surface area contributed by atoms with E-state index in [2.05, 4.69) is 22.0 Å². The van der Waals surface area contributed by atoms with E-state index in [0.717, 1.165) is 11.1 Å². The quantitative estimate of drug-likeness (QED) is 0.439. The van der Waals surface area contributed by atoms with Crippen LogP contribution in [0.15, 0.2) is 67.4 Å². The number of aromatic amines is 1. The van der Waals surface area contributed by atoms with Crippen molar-refractivity contribution in [2.24, 2.45) is 5.73 Å². The van der Waals surface area contributed by atoms with Gasteiger partial charge in [0.15, 0.2) is 5.65 Å². The molecule has 0 aliphatic rings. The van der Waals surface area contributed by atoms with E-state index >= 15 is 0 Å². The predicted octanol–water partition coefficient (Wildman–Crippen LogP) is 3.87. The summed E-state index contributed by atoms with van der Waals surface area (Å²) in [6.45, 7) is 3.48. The summed E-state index contributed by atoms with van der Waals surface area (Å²) in [6, 6.07) is 14.3. The number of rotatable bonds is 5. The van der Waals surface area contributed by atoms with Gasteiger partial charge in [-0.05, 0) is 24.3 Å². The molecule has 4 rings (SSSR count). The summed E-state index contributed by atoms with van der Waals surface area (Å²) in [5.74, 6) is -0.934. The lowest BCUT2D eigenvalue weighted by atomic mass is 10.1. The fourth-order valence-electron chi connectivity index (χ4n) is 3.17. The first-order valence-corrected chi connectivity index (χ1v) is 9.05. The van der Waals surface area contributed by atoms with Crippen molar-refractivity contribution >= 4 is 34.7 Å². The van der Waals surface area contributed by atoms with E-state index in [9.17, 15) is 9.59 Å². The number of carbonyl (C=O) groups is 2. The molecule has 0 saturated carbocycles. The van der Waals surface area contributed by atoms with Gasteiger partial charge in [-0.3, -0.25) is 14.7 Å². The summed E-state index contributed by atoms with van der Waals surface area (Å²) >= 11 is 5.97. The molecule has 2 heterocycles. The van der Waals surface area contributed by atoms with Crippen LogP contribution in [-0.2, 0) is 4.79 Å². The molecule has 2 amide bonds. The average molecular weight is 406 g/mol. The Balaban J connectivity index is 1.92. The van der Waals surface area contributed by atoms with Gasteiger partial charge in [0.1, 0.15) is 5.56 Å². The van der Waals surface area contributed by atoms with Crippen LogP contribution >= 0.6 is 11.6 Å². The Morgan fingerprint density at radius 2 is 1.90 bits per heavy atom. The number of imidazole rings is 1. The van der Waals surface area contributed by atoms with Crippen LogP contribution in [0.3, 0.4) is 0 Å². The van der Waals surface area contributed by atoms with Crippen LogP contribution in [0.25, 0.3) is 28.2 Å². The Hall–Kier alpha value is -3.84. The van der Waals surface area contributed by atoms with Crippen molar-refractivity contribution in [2.45, 2.75) is 0 Å². The monoisotopic (exact) mass is 405 g/mol. The van der Waals surface area contributed by atoms with Gasteiger partial charge >= 0.3 is 0 Å². The van der Waals surface area contributed by atoms with Gasteiger partial charge in [0.05, 0.1) is 23.3 Å². The Morgan fingerprint density at radius 1 is 1.17 bits per heavy atom. The zero-order valence-electron chi connectivity index (χ0n) is 15.1. The molecule has 0 spiro atoms. The molecule has 0 fully saturated rings. The van der Waals surface area contributed by atoms with Gasteiger partial charge in [-0.2, -0.15) is 0 Å². The lowest BCUT2D eigenvalue weighted by Crippen LogP contribution is -2.11. The molecule has 29 heavy (non-hydrogen) atoms. The fraction of sp³-hybridized carbons (Fsp3) is 0. The maximum absolute atomic E-state index is 12.2. The molecule has 0 aliphatic carbocycles. The summed E-state index contributed by atoms with van der Waals surface area (Å²) < 4.78 is 1.67. The van der Waals surface area contributed by atoms with Gasteiger partial charge in [0, 0.05) is 16.1 Å². The number of anilines is 1. The lowest BCUT2D eigenvalue weighted by Gasteiger charge is -2.09. The zero-order valence-corrected chi connectivity index (χ0v) is 15.9. The number of hydrogen-bond donors (Lipinski definition) is 3. The Bertz CT molecular complexity index is 1250. The summed E-state index contributed by atoms with van der Waals surface area (Å²) in [7, 11) is 0. The van der Waals surface area contributed by atoms with Crippen LogP contribution in [0.2, 0.25) is 5.02 Å². The minimum absolute atomic E-state index is 0.270. The molecule has 144 valence electrons. The number of fused-ring (bicyclic) bond motifs is 1. The molecule has 0 unspecified atom stereocenters. The number of benzene rings is 2. The van der Waals surface area contributed by atoms with Crippen LogP contribution < -0.4 is 11.1 Å². The second kappa shape index (κ2) is 7.29. The van der Waals surface area contributed by atoms with Gasteiger partial charge in [-0.25, -0.2) is 9.50 Å². The largest absolute Gasteiger partial charge is 0.365 e. The van der Waals surface area contributed by atoms with Crippen molar-refractivity contribution in [3.05, 3.63) is 78.0 Å². The number of para-hydroxylation sites is 1. The molecule has 2 aromatic heterocycles. The molecule has 0 saturated heterocycles. The first-order valence-electron chi connectivity index (χ1n) is 8.67. The molecule has 0 radical (unpaired) electrons. The Kier molecular flexibility index (Phi) is 4.66. The number of amides is 2. The van der Waals surface area contributed by atoms with Crippen molar-refractivity contribution in [2.75, 3.05) is 5.32 Å². The van der Waals surface area contributed by atoms with Crippen molar-refractivity contribution in [3.8, 4) is 22.5 Å². The number of halogens is 1. The maximum Gasteiger partial charge on any atom is 0.254 e. The second-order valence-corrected chi connectivity index (χ2v) is 6.71. The third-order valence-electron chi connectivity index (χ3n) is 4.48. The lowest BCUT2D eigenvalue weighted by molar-refractivity contribution is -0.111. The van der Waals surface area contributed by atoms with Crippen molar-refractivity contribution in [3.63, 3.8) is 0 Å². The summed E-state index contributed by atoms with van der Waals surface area (Å²) in [4.78, 5) is 28.4. The highest BCUT2D eigenvalue weighted by Gasteiger charge is 2.22. The molecule has 4 aromatic rings. The molecule has 2 aromatic carbocycles. The van der Waals surface area contributed by atoms with E-state index < -0.39 is 5.91 Å². The smallest absolute Gasteiger partial charge is 0.254 e. The van der Waals surface area contributed by atoms with Crippen LogP contribution in [0.5, 0.6) is 0 Å². The summed E-state index contributed by atoms with van der Waals surface area (Å²) in [6.07, 6.45) is 2.81. The topological polar surface area (TPSA) is 105 Å². The highest BCUT2D eigenvalue weighted by Crippen LogP contribution is 2.32. The minimum atomic E-state index is -0.605. The third-order valence-corrected chi connectivity index (χ3v) is 4.74. The molecule has 7 nitrogen and oxygen atoms in total. The number of nitrogens with two attached hydrogens (primary N) is 1. The Labute approximate surface area is 170 Å². The van der Waals surface area contributed by atoms with Gasteiger partial charge in [-0.1, -0.05) is 48.5 Å². The van der Waals surface area contributed by atoms with Crippen LogP contribution in [0.1, 0.15) is 10.4 Å². The van der Waals surface area contributed by atoms with Crippen molar-refractivity contribution in [1.29, 1.82) is 0 Å². The summed E-state index contributed by atoms with van der Waals surface area (Å²) in [5, 5.41) is 6.56. The molecule has 8 heteroatoms. The highest BCUT2D eigenvalue weighted by molar-refractivity contribution is 6.30. The SMILES string of the molecule is C=CC(=O)Nc1ccccc1-c1cnc2c(C(N)=O)c(-c3ccc(Cl)cc3)[nH]n12. The highest BCUT2D eigenvalue weighted by atomic mass is 35.5. The molecule has 0 aliphatic heterocycles. The number of nitrogens with one attached hydrogen (secondary N) is 2. The number of aromatic nitrogens is 3. The standard InChI is InChI=1S/C21H16ClN5O2/c1-2-17(28)25-15-6-4-3-5-14(15)16-11-24-21-18(20(23)29)19(26-27(16)21)12-7-9-13(22)10-8-12/h2-11,26H,1H2,(H2,23,29)(H,25,28). The summed E-state index contributed by atoms with van der Waals surface area (Å²) in [5.41, 5.74) is 9.54. The number of primary amides is 1. The van der Waals surface area contributed by atoms with E-state index in [0.29, 0.717) is 27.7 Å². The molecular weight excluding hydrogens is 390 g/mol. The Morgan fingerprint density at radius 3 is 2.59 bits per heavy atom. The molecular formula is C21H16ClN5O2. The number of nitrogens with zero attached hydrogens (tertiary/aromatic N) is 2. The molecule has 4 N–H and O–H groups in total. The van der Waals surface area contributed by atoms with E-state index in [1.165, 1.54) is 6.08 Å². The van der Waals surface area contributed by atoms with E-state index in [4.69, 9.17) is 17.3 Å². The fourth-order valence-corrected chi connectivity index (χ4v) is 3.29. The van der Waals surface area contributed by atoms with Gasteiger partial charge < -0.3 is 11.1 Å². The van der Waals surface area contributed by atoms with Gasteiger partial charge in [0.25, 0.3) is 5.91 Å². The molecule has 0 bridgehead atoms. The van der Waals surface area contributed by atoms with Crippen LogP contribution in [0.4, 0.5) is 5.69 Å². The number of hydrogen-bond acceptors (Lipinski definition) is 3. The first kappa shape index (κ1) is 18.5. The average Bonchev–Trinajstić information content (AvgIpc) is 3.28. The van der Waals surface area contributed by atoms with E-state index in [1.54, 1.807) is 41.0 Å². The zero-order chi connectivity index (χ0) is 20.5. The minimum Gasteiger partial charge on any atom is -0.365 e. The normalized spacial score (nSPS) is 10.8. The van der Waals surface area contributed by atoms with E-state index in [-0.39, 0.29) is 11.5 Å². The molecule has 0 atom stereocenters. The van der Waals surface area contributed by atoms with Gasteiger partial charge in [-0.15, -0.1) is 0 Å². The van der Waals surface area contributed by atoms with Gasteiger partial charge in [0.2, 0.25) is 5.91 Å². The maximum atomic E-state index is 12.2. The van der Waals surface area contributed by atoms with Crippen LogP contribution in [0, 0.1) is 0 Å². The number of H-pyrrole nitrogens is 1. The van der Waals surface area contributed by atoms with E-state index in [1.807, 2.05) is 18.2 Å².